The Morgan fingerprint density at radius 1 is 1.23 bits per heavy atom. The molecule has 0 N–H and O–H groups in total. The van der Waals surface area contributed by atoms with Crippen molar-refractivity contribution in [2.45, 2.75) is 26.2 Å². The van der Waals surface area contributed by atoms with Crippen molar-refractivity contribution in [3.63, 3.8) is 0 Å². The van der Waals surface area contributed by atoms with Gasteiger partial charge in [0.15, 0.2) is 0 Å². The lowest BCUT2D eigenvalue weighted by Gasteiger charge is -2.29. The minimum Gasteiger partial charge on any atom is -0.711 e. The van der Waals surface area contributed by atoms with Crippen LogP contribution >= 0.6 is 0 Å². The average molecular weight is 408 g/mol. The van der Waals surface area contributed by atoms with Crippen molar-refractivity contribution in [2.75, 3.05) is 24.6 Å². The third kappa shape index (κ3) is 4.27. The van der Waals surface area contributed by atoms with Crippen molar-refractivity contribution in [1.29, 1.82) is 0 Å². The van der Waals surface area contributed by atoms with Crippen molar-refractivity contribution < 1.29 is 14.4 Å². The number of hydrogen-bond donors (Lipinski definition) is 0. The van der Waals surface area contributed by atoms with Crippen molar-refractivity contribution in [3.8, 4) is 5.75 Å². The van der Waals surface area contributed by atoms with Gasteiger partial charge < -0.3 is 9.94 Å². The monoisotopic (exact) mass is 408 g/mol. The van der Waals surface area contributed by atoms with Crippen LogP contribution in [0.3, 0.4) is 0 Å². The van der Waals surface area contributed by atoms with Crippen LogP contribution in [-0.2, 0) is 0 Å². The molecule has 8 heteroatoms. The molecular formula is C22H24N4O4. The van der Waals surface area contributed by atoms with Crippen LogP contribution in [0.1, 0.15) is 25.0 Å². The molecule has 4 rings (SSSR count). The second kappa shape index (κ2) is 8.52. The maximum Gasteiger partial charge on any atom is 0.286 e. The average Bonchev–Trinajstić information content (AvgIpc) is 2.74. The van der Waals surface area contributed by atoms with Gasteiger partial charge in [0.1, 0.15) is 18.0 Å². The minimum absolute atomic E-state index is 0.0625. The molecule has 8 nitrogen and oxygen atoms in total. The van der Waals surface area contributed by atoms with E-state index in [1.165, 1.54) is 18.3 Å². The van der Waals surface area contributed by atoms with E-state index in [2.05, 4.69) is 4.98 Å². The molecule has 0 atom stereocenters. The van der Waals surface area contributed by atoms with E-state index >= 15 is 0 Å². The SMILES string of the molecule is Cc1cc(OCCC2CCN(c3cc([N+](=O)[O-])cc[n+]3[O-])CC2)c2ccccc2n1. The van der Waals surface area contributed by atoms with E-state index in [1.807, 2.05) is 42.2 Å². The lowest BCUT2D eigenvalue weighted by Crippen LogP contribution is -2.42. The van der Waals surface area contributed by atoms with Crippen LogP contribution in [0.5, 0.6) is 5.75 Å². The molecule has 1 aliphatic heterocycles. The molecule has 1 aliphatic rings. The summed E-state index contributed by atoms with van der Waals surface area (Å²) in [6.07, 6.45) is 3.97. The third-order valence-electron chi connectivity index (χ3n) is 5.62. The number of aromatic nitrogens is 2. The standard InChI is InChI=1S/C22H24N4O4/c1-16-14-21(19-4-2-3-5-20(19)23-16)30-13-9-17-6-10-24(11-7-17)22-15-18(26(28)29)8-12-25(22)27/h2-5,8,12,14-15,17H,6-7,9-11,13H2,1H3. The normalized spacial score (nSPS) is 14.8. The van der Waals surface area contributed by atoms with Crippen LogP contribution in [0.25, 0.3) is 10.9 Å². The molecule has 3 aromatic rings. The summed E-state index contributed by atoms with van der Waals surface area (Å²) in [5.74, 6) is 1.70. The molecule has 30 heavy (non-hydrogen) atoms. The summed E-state index contributed by atoms with van der Waals surface area (Å²) in [7, 11) is 0. The van der Waals surface area contributed by atoms with Crippen molar-refractivity contribution >= 4 is 22.4 Å². The zero-order valence-corrected chi connectivity index (χ0v) is 16.9. The smallest absolute Gasteiger partial charge is 0.286 e. The molecule has 0 radical (unpaired) electrons. The first kappa shape index (κ1) is 19.9. The van der Waals surface area contributed by atoms with Gasteiger partial charge in [0.25, 0.3) is 11.5 Å². The van der Waals surface area contributed by atoms with Gasteiger partial charge in [0.05, 0.1) is 36.2 Å². The highest BCUT2D eigenvalue weighted by Gasteiger charge is 2.27. The van der Waals surface area contributed by atoms with E-state index in [4.69, 9.17) is 4.74 Å². The highest BCUT2D eigenvalue weighted by atomic mass is 16.6. The van der Waals surface area contributed by atoms with E-state index in [0.717, 1.165) is 41.6 Å². The maximum absolute atomic E-state index is 12.1. The molecule has 0 bridgehead atoms. The van der Waals surface area contributed by atoms with Gasteiger partial charge in [-0.15, -0.1) is 0 Å². The maximum atomic E-state index is 12.1. The first-order valence-electron chi connectivity index (χ1n) is 10.1. The number of ether oxygens (including phenoxy) is 1. The Morgan fingerprint density at radius 2 is 2.00 bits per heavy atom. The number of hydrogen-bond acceptors (Lipinski definition) is 6. The fourth-order valence-electron chi connectivity index (χ4n) is 3.98. The van der Waals surface area contributed by atoms with E-state index in [0.29, 0.717) is 36.2 Å². The molecule has 1 saturated heterocycles. The summed E-state index contributed by atoms with van der Waals surface area (Å²) in [6, 6.07) is 12.5. The molecule has 156 valence electrons. The van der Waals surface area contributed by atoms with Gasteiger partial charge in [-0.2, -0.15) is 0 Å². The molecule has 3 heterocycles. The third-order valence-corrected chi connectivity index (χ3v) is 5.62. The number of anilines is 1. The van der Waals surface area contributed by atoms with Crippen LogP contribution in [0.2, 0.25) is 0 Å². The lowest BCUT2D eigenvalue weighted by atomic mass is 9.94. The summed E-state index contributed by atoms with van der Waals surface area (Å²) < 4.78 is 6.79. The summed E-state index contributed by atoms with van der Waals surface area (Å²) in [6.45, 7) is 3.98. The zero-order valence-electron chi connectivity index (χ0n) is 16.9. The van der Waals surface area contributed by atoms with E-state index in [-0.39, 0.29) is 5.69 Å². The summed E-state index contributed by atoms with van der Waals surface area (Å²) in [5, 5.41) is 24.1. The number of pyridine rings is 2. The number of rotatable bonds is 6. The number of fused-ring (bicyclic) bond motifs is 1. The van der Waals surface area contributed by atoms with E-state index in [9.17, 15) is 15.3 Å². The Hall–Kier alpha value is -3.42. The minimum atomic E-state index is -0.474. The molecule has 0 unspecified atom stereocenters. The molecule has 1 fully saturated rings. The predicted octanol–water partition coefficient (Wildman–Crippen LogP) is 3.77. The molecule has 1 aromatic carbocycles. The van der Waals surface area contributed by atoms with Crippen LogP contribution in [0.4, 0.5) is 11.5 Å². The Morgan fingerprint density at radius 3 is 2.77 bits per heavy atom. The lowest BCUT2D eigenvalue weighted by molar-refractivity contribution is -0.593. The van der Waals surface area contributed by atoms with Crippen LogP contribution in [0, 0.1) is 28.2 Å². The number of benzene rings is 1. The van der Waals surface area contributed by atoms with Crippen molar-refractivity contribution in [1.82, 2.24) is 4.98 Å². The first-order valence-corrected chi connectivity index (χ1v) is 10.1. The Balaban J connectivity index is 1.33. The highest BCUT2D eigenvalue weighted by Crippen LogP contribution is 2.28. The topological polar surface area (TPSA) is 95.4 Å². The second-order valence-corrected chi connectivity index (χ2v) is 7.67. The summed E-state index contributed by atoms with van der Waals surface area (Å²) in [5.41, 5.74) is 1.80. The van der Waals surface area contributed by atoms with Gasteiger partial charge in [0.2, 0.25) is 0 Å². The van der Waals surface area contributed by atoms with Gasteiger partial charge >= 0.3 is 0 Å². The molecule has 0 spiro atoms. The Kier molecular flexibility index (Phi) is 5.65. The fraction of sp³-hybridized carbons (Fsp3) is 0.364. The summed E-state index contributed by atoms with van der Waals surface area (Å²) in [4.78, 5) is 17.0. The number of piperidine rings is 1. The van der Waals surface area contributed by atoms with E-state index in [1.54, 1.807) is 0 Å². The van der Waals surface area contributed by atoms with Crippen molar-refractivity contribution in [3.05, 3.63) is 69.7 Å². The van der Waals surface area contributed by atoms with Crippen LogP contribution in [0.15, 0.2) is 48.7 Å². The zero-order chi connectivity index (χ0) is 21.1. The quantitative estimate of drug-likeness (QED) is 0.267. The summed E-state index contributed by atoms with van der Waals surface area (Å²) >= 11 is 0. The number of nitro groups is 1. The van der Waals surface area contributed by atoms with Gasteiger partial charge in [-0.3, -0.25) is 20.0 Å². The highest BCUT2D eigenvalue weighted by molar-refractivity contribution is 5.85. The largest absolute Gasteiger partial charge is 0.711 e. The molecule has 0 amide bonds. The fourth-order valence-corrected chi connectivity index (χ4v) is 3.98. The molecule has 0 saturated carbocycles. The number of para-hydroxylation sites is 1. The van der Waals surface area contributed by atoms with Gasteiger partial charge in [0, 0.05) is 17.1 Å². The Bertz CT molecular complexity index is 1060. The number of nitrogens with zero attached hydrogens (tertiary/aromatic N) is 4. The van der Waals surface area contributed by atoms with Gasteiger partial charge in [-0.25, -0.2) is 4.73 Å². The number of aryl methyl sites for hydroxylation is 1. The van der Waals surface area contributed by atoms with Crippen LogP contribution < -0.4 is 14.4 Å². The van der Waals surface area contributed by atoms with Crippen LogP contribution in [-0.4, -0.2) is 29.6 Å². The molecular weight excluding hydrogens is 384 g/mol. The Labute approximate surface area is 174 Å². The second-order valence-electron chi connectivity index (χ2n) is 7.67. The van der Waals surface area contributed by atoms with Gasteiger partial charge in [-0.1, -0.05) is 12.1 Å². The predicted molar refractivity (Wildman–Crippen MR) is 114 cm³/mol. The molecule has 2 aromatic heterocycles. The van der Waals surface area contributed by atoms with Crippen molar-refractivity contribution in [2.24, 2.45) is 5.92 Å². The van der Waals surface area contributed by atoms with Gasteiger partial charge in [-0.05, 0) is 44.2 Å². The first-order chi connectivity index (χ1) is 14.5. The molecule has 0 aliphatic carbocycles. The van der Waals surface area contributed by atoms with E-state index < -0.39 is 4.92 Å².